The van der Waals surface area contributed by atoms with Gasteiger partial charge in [0.25, 0.3) is 11.8 Å². The van der Waals surface area contributed by atoms with Crippen molar-refractivity contribution in [3.63, 3.8) is 0 Å². The smallest absolute Gasteiger partial charge is 0.275 e. The number of ether oxygens (including phenoxy) is 2. The molecule has 166 valence electrons. The van der Waals surface area contributed by atoms with Crippen LogP contribution in [0.25, 0.3) is 0 Å². The zero-order chi connectivity index (χ0) is 22.9. The molecule has 2 amide bonds. The second-order valence-corrected chi connectivity index (χ2v) is 7.94. The summed E-state index contributed by atoms with van der Waals surface area (Å²) in [7, 11) is 0. The summed E-state index contributed by atoms with van der Waals surface area (Å²) < 4.78 is 52.4. The summed E-state index contributed by atoms with van der Waals surface area (Å²) in [6.45, 7) is 7.39. The minimum absolute atomic E-state index is 0.250. The summed E-state index contributed by atoms with van der Waals surface area (Å²) in [5, 5.41) is 0.890. The van der Waals surface area contributed by atoms with Gasteiger partial charge in [-0.3, -0.25) is 15.0 Å². The highest BCUT2D eigenvalue weighted by atomic mass is 19.2. The van der Waals surface area contributed by atoms with Crippen molar-refractivity contribution >= 4 is 11.8 Å². The topological polar surface area (TPSA) is 67.9 Å². The van der Waals surface area contributed by atoms with E-state index in [-0.39, 0.29) is 5.56 Å². The number of amides is 2. The molecule has 0 bridgehead atoms. The normalized spacial score (nSPS) is 13.0. The van der Waals surface area contributed by atoms with Gasteiger partial charge < -0.3 is 9.47 Å². The van der Waals surface area contributed by atoms with E-state index in [1.54, 1.807) is 32.9 Å². The summed E-state index contributed by atoms with van der Waals surface area (Å²) in [4.78, 5) is 26.0. The van der Waals surface area contributed by atoms with Crippen molar-refractivity contribution in [1.82, 2.24) is 10.4 Å². The molecule has 0 atom stereocenters. The van der Waals surface area contributed by atoms with Crippen LogP contribution in [0.2, 0.25) is 0 Å². The molecular formula is C22H23F3N2O4. The van der Waals surface area contributed by atoms with Gasteiger partial charge in [-0.05, 0) is 51.5 Å². The van der Waals surface area contributed by atoms with Crippen molar-refractivity contribution in [3.05, 3.63) is 58.4 Å². The van der Waals surface area contributed by atoms with Gasteiger partial charge >= 0.3 is 0 Å². The van der Waals surface area contributed by atoms with Crippen molar-refractivity contribution in [1.29, 1.82) is 0 Å². The third-order valence-electron chi connectivity index (χ3n) is 4.76. The molecule has 0 aliphatic carbocycles. The van der Waals surface area contributed by atoms with Gasteiger partial charge in [-0.15, -0.1) is 0 Å². The minimum atomic E-state index is -1.76. The molecule has 0 radical (unpaired) electrons. The molecule has 1 N–H and O–H groups in total. The first kappa shape index (κ1) is 22.5. The molecule has 9 heteroatoms. The third kappa shape index (κ3) is 4.30. The number of fused-ring (bicyclic) bond motifs is 1. The van der Waals surface area contributed by atoms with Gasteiger partial charge in [-0.25, -0.2) is 18.2 Å². The van der Waals surface area contributed by atoms with Gasteiger partial charge in [0.05, 0.1) is 11.1 Å². The first-order chi connectivity index (χ1) is 14.6. The van der Waals surface area contributed by atoms with Gasteiger partial charge in [-0.2, -0.15) is 0 Å². The summed E-state index contributed by atoms with van der Waals surface area (Å²) in [5.41, 5.74) is 1.61. The zero-order valence-electron chi connectivity index (χ0n) is 17.6. The maximum Gasteiger partial charge on any atom is 0.275 e. The van der Waals surface area contributed by atoms with Crippen LogP contribution in [0.3, 0.4) is 0 Å². The second-order valence-electron chi connectivity index (χ2n) is 7.94. The first-order valence-corrected chi connectivity index (χ1v) is 9.76. The Labute approximate surface area is 177 Å². The lowest BCUT2D eigenvalue weighted by Crippen LogP contribution is -2.56. The van der Waals surface area contributed by atoms with Crippen LogP contribution < -0.4 is 14.9 Å². The molecule has 0 saturated heterocycles. The molecule has 31 heavy (non-hydrogen) atoms. The Morgan fingerprint density at radius 3 is 2.29 bits per heavy atom. The van der Waals surface area contributed by atoms with Crippen LogP contribution in [-0.4, -0.2) is 35.6 Å². The van der Waals surface area contributed by atoms with Crippen LogP contribution in [-0.2, 0) is 6.42 Å². The predicted molar refractivity (Wildman–Crippen MR) is 107 cm³/mol. The van der Waals surface area contributed by atoms with Crippen molar-refractivity contribution in [2.24, 2.45) is 0 Å². The van der Waals surface area contributed by atoms with Crippen molar-refractivity contribution < 1.29 is 32.2 Å². The lowest BCUT2D eigenvalue weighted by atomic mass is 10.0. The minimum Gasteiger partial charge on any atom is -0.486 e. The molecule has 6 nitrogen and oxygen atoms in total. The number of nitrogens with one attached hydrogen (secondary N) is 1. The molecule has 0 saturated carbocycles. The van der Waals surface area contributed by atoms with Gasteiger partial charge in [0.15, 0.2) is 29.0 Å². The van der Waals surface area contributed by atoms with Crippen LogP contribution >= 0.6 is 0 Å². The Bertz CT molecular complexity index is 1030. The molecule has 1 heterocycles. The van der Waals surface area contributed by atoms with Crippen LogP contribution in [0.5, 0.6) is 11.5 Å². The first-order valence-electron chi connectivity index (χ1n) is 9.76. The summed E-state index contributed by atoms with van der Waals surface area (Å²) in [6, 6.07) is 4.64. The molecule has 0 fully saturated rings. The van der Waals surface area contributed by atoms with Crippen LogP contribution in [0, 0.1) is 17.5 Å². The maximum absolute atomic E-state index is 14.2. The van der Waals surface area contributed by atoms with Crippen molar-refractivity contribution in [2.75, 3.05) is 13.2 Å². The standard InChI is InChI=1S/C22H23F3N2O4/c1-5-12-13(7-9-16-19(12)31-11-10-30-16)20(28)26-27(22(2,3)4)21(29)14-6-8-15(23)18(25)17(14)24/h6-9H,5,10-11H2,1-4H3,(H,26,28). The molecule has 1 aliphatic heterocycles. The van der Waals surface area contributed by atoms with Crippen LogP contribution in [0.1, 0.15) is 54.0 Å². The highest BCUT2D eigenvalue weighted by molar-refractivity contribution is 6.00. The fourth-order valence-corrected chi connectivity index (χ4v) is 3.23. The Morgan fingerprint density at radius 2 is 1.65 bits per heavy atom. The number of hydrazine groups is 1. The fraction of sp³-hybridized carbons (Fsp3) is 0.364. The van der Waals surface area contributed by atoms with E-state index >= 15 is 0 Å². The number of nitrogens with zero attached hydrogens (tertiary/aromatic N) is 1. The Kier molecular flexibility index (Phi) is 6.15. The van der Waals surface area contributed by atoms with Crippen molar-refractivity contribution in [2.45, 2.75) is 39.7 Å². The predicted octanol–water partition coefficient (Wildman–Crippen LogP) is 4.02. The maximum atomic E-state index is 14.2. The largest absolute Gasteiger partial charge is 0.486 e. The summed E-state index contributed by atoms with van der Waals surface area (Å²) >= 11 is 0. The van der Waals surface area contributed by atoms with E-state index < -0.39 is 40.4 Å². The molecule has 1 aliphatic rings. The summed E-state index contributed by atoms with van der Waals surface area (Å²) in [6.07, 6.45) is 0.455. The molecule has 2 aromatic rings. The molecule has 0 unspecified atom stereocenters. The van der Waals surface area contributed by atoms with E-state index in [9.17, 15) is 22.8 Å². The molecule has 0 aromatic heterocycles. The lowest BCUT2D eigenvalue weighted by Gasteiger charge is -2.36. The van der Waals surface area contributed by atoms with E-state index in [0.29, 0.717) is 42.8 Å². The second kappa shape index (κ2) is 8.49. The SMILES string of the molecule is CCc1c(C(=O)NN(C(=O)c2ccc(F)c(F)c2F)C(C)(C)C)ccc2c1OCCO2. The molecule has 0 spiro atoms. The number of benzene rings is 2. The highest BCUT2D eigenvalue weighted by Crippen LogP contribution is 2.36. The number of hydrogen-bond donors (Lipinski definition) is 1. The number of hydrogen-bond acceptors (Lipinski definition) is 4. The van der Waals surface area contributed by atoms with E-state index in [2.05, 4.69) is 5.43 Å². The van der Waals surface area contributed by atoms with Crippen molar-refractivity contribution in [3.8, 4) is 11.5 Å². The zero-order valence-corrected chi connectivity index (χ0v) is 17.6. The van der Waals surface area contributed by atoms with E-state index in [1.807, 2.05) is 6.92 Å². The quantitative estimate of drug-likeness (QED) is 0.583. The number of carbonyl (C=O) groups excluding carboxylic acids is 2. The molecular weight excluding hydrogens is 413 g/mol. The Morgan fingerprint density at radius 1 is 1.00 bits per heavy atom. The highest BCUT2D eigenvalue weighted by Gasteiger charge is 2.33. The van der Waals surface area contributed by atoms with Gasteiger partial charge in [-0.1, -0.05) is 6.92 Å². The number of carbonyl (C=O) groups is 2. The van der Waals surface area contributed by atoms with Gasteiger partial charge in [0, 0.05) is 11.1 Å². The van der Waals surface area contributed by atoms with Gasteiger partial charge in [0.2, 0.25) is 0 Å². The number of rotatable bonds is 3. The van der Waals surface area contributed by atoms with E-state index in [0.717, 1.165) is 11.1 Å². The lowest BCUT2D eigenvalue weighted by molar-refractivity contribution is 0.0353. The Hall–Kier alpha value is -3.23. The summed E-state index contributed by atoms with van der Waals surface area (Å²) in [5.74, 6) is -5.47. The molecule has 3 rings (SSSR count). The van der Waals surface area contributed by atoms with Crippen LogP contribution in [0.15, 0.2) is 24.3 Å². The number of halogens is 3. The fourth-order valence-electron chi connectivity index (χ4n) is 3.23. The van der Waals surface area contributed by atoms with Crippen LogP contribution in [0.4, 0.5) is 13.2 Å². The average molecular weight is 436 g/mol. The monoisotopic (exact) mass is 436 g/mol. The van der Waals surface area contributed by atoms with E-state index in [1.165, 1.54) is 0 Å². The third-order valence-corrected chi connectivity index (χ3v) is 4.76. The van der Waals surface area contributed by atoms with Gasteiger partial charge in [0.1, 0.15) is 13.2 Å². The van der Waals surface area contributed by atoms with E-state index in [4.69, 9.17) is 9.47 Å². The average Bonchev–Trinajstić information content (AvgIpc) is 2.73. The Balaban J connectivity index is 1.97. The molecule has 2 aromatic carbocycles.